The molecule has 1 aromatic heterocycles. The lowest BCUT2D eigenvalue weighted by Crippen LogP contribution is -2.22. The number of nitrogens with zero attached hydrogens (tertiary/aromatic N) is 2. The van der Waals surface area contributed by atoms with Crippen LogP contribution in [-0.4, -0.2) is 15.5 Å². The zero-order valence-electron chi connectivity index (χ0n) is 14.7. The molecule has 0 spiro atoms. The van der Waals surface area contributed by atoms with Gasteiger partial charge in [-0.3, -0.25) is 14.2 Å². The maximum atomic E-state index is 12.4. The summed E-state index contributed by atoms with van der Waals surface area (Å²) in [5.74, 6) is -0.344. The van der Waals surface area contributed by atoms with E-state index in [-0.39, 0.29) is 31.1 Å². The Morgan fingerprint density at radius 3 is 2.56 bits per heavy atom. The van der Waals surface area contributed by atoms with Gasteiger partial charge in [-0.25, -0.2) is 4.98 Å². The molecule has 4 rings (SSSR count). The van der Waals surface area contributed by atoms with Gasteiger partial charge in [-0.1, -0.05) is 54.6 Å². The molecule has 134 valence electrons. The van der Waals surface area contributed by atoms with Crippen molar-refractivity contribution in [1.29, 1.82) is 0 Å². The summed E-state index contributed by atoms with van der Waals surface area (Å²) in [4.78, 5) is 28.8. The average molecular weight is 358 g/mol. The third-order valence-corrected chi connectivity index (χ3v) is 4.56. The molecule has 0 saturated carbocycles. The number of esters is 1. The topological polar surface area (TPSA) is 61.2 Å². The highest BCUT2D eigenvalue weighted by atomic mass is 16.5. The normalized spacial score (nSPS) is 11.0. The van der Waals surface area contributed by atoms with Crippen LogP contribution in [0.5, 0.6) is 0 Å². The smallest absolute Gasteiger partial charge is 0.307 e. The highest BCUT2D eigenvalue weighted by molar-refractivity contribution is 5.85. The molecule has 5 nitrogen and oxygen atoms in total. The summed E-state index contributed by atoms with van der Waals surface area (Å²) in [5.41, 5.74) is 1.46. The van der Waals surface area contributed by atoms with Crippen LogP contribution in [0.2, 0.25) is 0 Å². The van der Waals surface area contributed by atoms with E-state index in [1.54, 1.807) is 18.2 Å². The molecule has 0 aliphatic heterocycles. The van der Waals surface area contributed by atoms with Gasteiger partial charge >= 0.3 is 5.97 Å². The van der Waals surface area contributed by atoms with Crippen LogP contribution in [0, 0.1) is 0 Å². The van der Waals surface area contributed by atoms with Crippen LogP contribution in [0.4, 0.5) is 0 Å². The van der Waals surface area contributed by atoms with Gasteiger partial charge in [-0.2, -0.15) is 0 Å². The Kier molecular flexibility index (Phi) is 4.66. The first-order valence-electron chi connectivity index (χ1n) is 8.79. The Balaban J connectivity index is 1.41. The largest absolute Gasteiger partial charge is 0.461 e. The van der Waals surface area contributed by atoms with Crippen LogP contribution in [0.15, 0.2) is 77.9 Å². The van der Waals surface area contributed by atoms with Crippen molar-refractivity contribution >= 4 is 27.6 Å². The molecule has 0 radical (unpaired) electrons. The number of para-hydroxylation sites is 1. The van der Waals surface area contributed by atoms with E-state index < -0.39 is 0 Å². The maximum Gasteiger partial charge on any atom is 0.307 e. The Hall–Kier alpha value is -3.47. The molecule has 4 aromatic rings. The molecule has 27 heavy (non-hydrogen) atoms. The monoisotopic (exact) mass is 358 g/mol. The molecule has 0 atom stereocenters. The van der Waals surface area contributed by atoms with Crippen molar-refractivity contribution in [2.75, 3.05) is 0 Å². The van der Waals surface area contributed by atoms with E-state index in [1.165, 1.54) is 10.9 Å². The summed E-state index contributed by atoms with van der Waals surface area (Å²) in [5, 5.41) is 2.73. The van der Waals surface area contributed by atoms with Crippen molar-refractivity contribution < 1.29 is 9.53 Å². The second kappa shape index (κ2) is 7.41. The molecule has 0 aliphatic rings. The molecule has 0 fully saturated rings. The fraction of sp³-hybridized carbons (Fsp3) is 0.136. The summed E-state index contributed by atoms with van der Waals surface area (Å²) in [7, 11) is 0. The number of aromatic nitrogens is 2. The molecule has 0 aliphatic carbocycles. The zero-order valence-corrected chi connectivity index (χ0v) is 14.7. The van der Waals surface area contributed by atoms with Gasteiger partial charge in [0.1, 0.15) is 6.61 Å². The van der Waals surface area contributed by atoms with Crippen molar-refractivity contribution in [3.8, 4) is 0 Å². The van der Waals surface area contributed by atoms with E-state index in [4.69, 9.17) is 4.74 Å². The number of benzene rings is 3. The maximum absolute atomic E-state index is 12.4. The molecule has 0 bridgehead atoms. The van der Waals surface area contributed by atoms with Crippen molar-refractivity contribution in [2.45, 2.75) is 19.6 Å². The van der Waals surface area contributed by atoms with E-state index in [0.29, 0.717) is 10.9 Å². The van der Waals surface area contributed by atoms with Crippen LogP contribution >= 0.6 is 0 Å². The number of hydrogen-bond acceptors (Lipinski definition) is 4. The number of hydrogen-bond donors (Lipinski definition) is 0. The van der Waals surface area contributed by atoms with E-state index in [9.17, 15) is 9.59 Å². The number of ether oxygens (including phenoxy) is 1. The SMILES string of the molecule is O=C(CCn1cnc2ccccc2c1=O)OCc1cccc2ccccc12. The molecule has 0 unspecified atom stereocenters. The standard InChI is InChI=1S/C22H18N2O3/c25-21(27-14-17-8-5-7-16-6-1-2-9-18(16)17)12-13-24-15-23-20-11-4-3-10-19(20)22(24)26/h1-11,15H,12-14H2. The Bertz CT molecular complexity index is 1180. The van der Waals surface area contributed by atoms with Crippen LogP contribution in [0.1, 0.15) is 12.0 Å². The molecule has 0 N–H and O–H groups in total. The minimum Gasteiger partial charge on any atom is -0.461 e. The summed E-state index contributed by atoms with van der Waals surface area (Å²) in [6.07, 6.45) is 1.59. The minimum absolute atomic E-state index is 0.116. The van der Waals surface area contributed by atoms with E-state index in [2.05, 4.69) is 4.98 Å². The average Bonchev–Trinajstić information content (AvgIpc) is 2.72. The van der Waals surface area contributed by atoms with Gasteiger partial charge in [0.25, 0.3) is 5.56 Å². The number of aryl methyl sites for hydroxylation is 1. The summed E-state index contributed by atoms with van der Waals surface area (Å²) >= 11 is 0. The van der Waals surface area contributed by atoms with Crippen LogP contribution < -0.4 is 5.56 Å². The summed E-state index contributed by atoms with van der Waals surface area (Å²) < 4.78 is 6.86. The van der Waals surface area contributed by atoms with E-state index in [0.717, 1.165) is 16.3 Å². The lowest BCUT2D eigenvalue weighted by atomic mass is 10.1. The quantitative estimate of drug-likeness (QED) is 0.511. The second-order valence-electron chi connectivity index (χ2n) is 6.31. The zero-order chi connectivity index (χ0) is 18.6. The van der Waals surface area contributed by atoms with Gasteiger partial charge in [0, 0.05) is 6.54 Å². The van der Waals surface area contributed by atoms with Gasteiger partial charge in [0.05, 0.1) is 23.7 Å². The lowest BCUT2D eigenvalue weighted by molar-refractivity contribution is -0.145. The summed E-state index contributed by atoms with van der Waals surface area (Å²) in [6, 6.07) is 21.1. The first-order valence-corrected chi connectivity index (χ1v) is 8.79. The predicted molar refractivity (Wildman–Crippen MR) is 104 cm³/mol. The highest BCUT2D eigenvalue weighted by Gasteiger charge is 2.08. The molecular formula is C22H18N2O3. The van der Waals surface area contributed by atoms with Gasteiger partial charge < -0.3 is 4.74 Å². The third-order valence-electron chi connectivity index (χ3n) is 4.56. The molecule has 5 heteroatoms. The van der Waals surface area contributed by atoms with Crippen molar-refractivity contribution in [1.82, 2.24) is 9.55 Å². The number of fused-ring (bicyclic) bond motifs is 2. The molecule has 0 saturated heterocycles. The Labute approximate surface area is 155 Å². The molecule has 3 aromatic carbocycles. The first kappa shape index (κ1) is 17.0. The number of carbonyl (C=O) groups excluding carboxylic acids is 1. The van der Waals surface area contributed by atoms with Crippen LogP contribution in [-0.2, 0) is 22.7 Å². The second-order valence-corrected chi connectivity index (χ2v) is 6.31. The number of carbonyl (C=O) groups is 1. The lowest BCUT2D eigenvalue weighted by Gasteiger charge is -2.09. The summed E-state index contributed by atoms with van der Waals surface area (Å²) in [6.45, 7) is 0.454. The van der Waals surface area contributed by atoms with Gasteiger partial charge in [-0.05, 0) is 28.5 Å². The van der Waals surface area contributed by atoms with Gasteiger partial charge in [0.2, 0.25) is 0 Å². The van der Waals surface area contributed by atoms with E-state index >= 15 is 0 Å². The molecular weight excluding hydrogens is 340 g/mol. The fourth-order valence-electron chi connectivity index (χ4n) is 3.13. The van der Waals surface area contributed by atoms with Gasteiger partial charge in [-0.15, -0.1) is 0 Å². The van der Waals surface area contributed by atoms with Crippen molar-refractivity contribution in [2.24, 2.45) is 0 Å². The van der Waals surface area contributed by atoms with Crippen LogP contribution in [0.25, 0.3) is 21.7 Å². The fourth-order valence-corrected chi connectivity index (χ4v) is 3.13. The van der Waals surface area contributed by atoms with E-state index in [1.807, 2.05) is 48.5 Å². The van der Waals surface area contributed by atoms with Crippen LogP contribution in [0.3, 0.4) is 0 Å². The van der Waals surface area contributed by atoms with Crippen molar-refractivity contribution in [3.63, 3.8) is 0 Å². The first-order chi connectivity index (χ1) is 13.2. The molecule has 1 heterocycles. The number of rotatable bonds is 5. The predicted octanol–water partition coefficient (Wildman–Crippen LogP) is 3.68. The highest BCUT2D eigenvalue weighted by Crippen LogP contribution is 2.19. The Morgan fingerprint density at radius 2 is 1.67 bits per heavy atom. The van der Waals surface area contributed by atoms with Gasteiger partial charge in [0.15, 0.2) is 0 Å². The van der Waals surface area contributed by atoms with Crippen molar-refractivity contribution in [3.05, 3.63) is 89.0 Å². The Morgan fingerprint density at radius 1 is 0.926 bits per heavy atom. The minimum atomic E-state index is -0.344. The third kappa shape index (κ3) is 3.58. The molecule has 0 amide bonds.